The van der Waals surface area contributed by atoms with Gasteiger partial charge in [0.1, 0.15) is 10.9 Å². The maximum atomic E-state index is 13.3. The first kappa shape index (κ1) is 18.0. The van der Waals surface area contributed by atoms with Gasteiger partial charge in [-0.25, -0.2) is 8.42 Å². The van der Waals surface area contributed by atoms with Crippen molar-refractivity contribution in [3.63, 3.8) is 0 Å². The van der Waals surface area contributed by atoms with Gasteiger partial charge in [0, 0.05) is 5.02 Å². The van der Waals surface area contributed by atoms with E-state index in [9.17, 15) is 13.2 Å². The number of anilines is 2. The summed E-state index contributed by atoms with van der Waals surface area (Å²) in [5.41, 5.74) is 0.875. The predicted octanol–water partition coefficient (Wildman–Crippen LogP) is 4.31. The van der Waals surface area contributed by atoms with Crippen molar-refractivity contribution in [1.82, 2.24) is 0 Å². The summed E-state index contributed by atoms with van der Waals surface area (Å²) in [7, 11) is -4.05. The summed E-state index contributed by atoms with van der Waals surface area (Å²) in [4.78, 5) is 12.4. The zero-order valence-electron chi connectivity index (χ0n) is 13.4. The highest BCUT2D eigenvalue weighted by Crippen LogP contribution is 2.39. The number of rotatable bonds is 4. The van der Waals surface area contributed by atoms with E-state index in [2.05, 4.69) is 5.32 Å². The second kappa shape index (κ2) is 6.86. The number of nitrogens with one attached hydrogen (secondary N) is 1. The van der Waals surface area contributed by atoms with E-state index in [1.807, 2.05) is 6.92 Å². The summed E-state index contributed by atoms with van der Waals surface area (Å²) >= 11 is 12.0. The number of sulfonamides is 1. The van der Waals surface area contributed by atoms with Crippen LogP contribution in [0.2, 0.25) is 10.0 Å². The van der Waals surface area contributed by atoms with E-state index < -0.39 is 16.1 Å². The van der Waals surface area contributed by atoms with Gasteiger partial charge in [0.15, 0.2) is 0 Å². The maximum absolute atomic E-state index is 13.3. The Morgan fingerprint density at radius 1 is 1.16 bits per heavy atom. The number of benzene rings is 2. The first-order valence-electron chi connectivity index (χ1n) is 7.75. The fraction of sp³-hybridized carbons (Fsp3) is 0.235. The Hall–Kier alpha value is -1.76. The standard InChI is InChI=1S/C17H16Cl2N2O3S/c1-2-5-15-17(22)20-13-6-3-4-7-14(13)21(15)25(23,24)16-9-8-11(18)10-12(16)19/h3-4,6-10,15H,2,5H2,1H3,(H,20,22)/t15-/m1/s1. The highest BCUT2D eigenvalue weighted by molar-refractivity contribution is 7.93. The zero-order valence-corrected chi connectivity index (χ0v) is 15.7. The Morgan fingerprint density at radius 2 is 1.88 bits per heavy atom. The van der Waals surface area contributed by atoms with Crippen LogP contribution in [0.4, 0.5) is 11.4 Å². The number of amides is 1. The summed E-state index contributed by atoms with van der Waals surface area (Å²) < 4.78 is 27.8. The molecule has 132 valence electrons. The first-order valence-corrected chi connectivity index (χ1v) is 9.95. The molecule has 1 heterocycles. The third-order valence-electron chi connectivity index (χ3n) is 3.98. The summed E-state index contributed by atoms with van der Waals surface area (Å²) in [6.45, 7) is 1.90. The lowest BCUT2D eigenvalue weighted by Gasteiger charge is -2.37. The Bertz CT molecular complexity index is 931. The molecule has 2 aromatic carbocycles. The molecule has 1 amide bonds. The predicted molar refractivity (Wildman–Crippen MR) is 99.9 cm³/mol. The molecular weight excluding hydrogens is 383 g/mol. The molecule has 1 atom stereocenters. The normalized spacial score (nSPS) is 17.2. The van der Waals surface area contributed by atoms with Gasteiger partial charge >= 0.3 is 0 Å². The molecule has 3 rings (SSSR count). The van der Waals surface area contributed by atoms with Crippen LogP contribution in [0.1, 0.15) is 19.8 Å². The van der Waals surface area contributed by atoms with Crippen molar-refractivity contribution in [2.24, 2.45) is 0 Å². The number of carbonyl (C=O) groups is 1. The third kappa shape index (κ3) is 3.21. The van der Waals surface area contributed by atoms with Crippen LogP contribution in [0.25, 0.3) is 0 Å². The van der Waals surface area contributed by atoms with Crippen LogP contribution < -0.4 is 9.62 Å². The first-order chi connectivity index (χ1) is 11.9. The number of carbonyl (C=O) groups excluding carboxylic acids is 1. The molecule has 1 aliphatic rings. The summed E-state index contributed by atoms with van der Waals surface area (Å²) in [5, 5.41) is 3.13. The van der Waals surface area contributed by atoms with Gasteiger partial charge in [0.25, 0.3) is 10.0 Å². The van der Waals surface area contributed by atoms with Gasteiger partial charge in [-0.05, 0) is 36.8 Å². The van der Waals surface area contributed by atoms with Crippen molar-refractivity contribution in [2.75, 3.05) is 9.62 Å². The minimum absolute atomic E-state index is 0.0196. The van der Waals surface area contributed by atoms with E-state index in [-0.39, 0.29) is 15.8 Å². The van der Waals surface area contributed by atoms with Crippen LogP contribution in [-0.2, 0) is 14.8 Å². The number of hydrogen-bond acceptors (Lipinski definition) is 3. The molecule has 0 aromatic heterocycles. The van der Waals surface area contributed by atoms with E-state index in [0.717, 1.165) is 0 Å². The van der Waals surface area contributed by atoms with E-state index in [1.165, 1.54) is 22.5 Å². The van der Waals surface area contributed by atoms with Crippen molar-refractivity contribution in [2.45, 2.75) is 30.7 Å². The SMILES string of the molecule is CCC[C@@H]1C(=O)Nc2ccccc2N1S(=O)(=O)c1ccc(Cl)cc1Cl. The third-order valence-corrected chi connectivity index (χ3v) is 6.52. The Labute approximate surface area is 156 Å². The average Bonchev–Trinajstić information content (AvgIpc) is 2.55. The van der Waals surface area contributed by atoms with Crippen LogP contribution in [0, 0.1) is 0 Å². The molecule has 1 aliphatic heterocycles. The fourth-order valence-electron chi connectivity index (χ4n) is 2.87. The van der Waals surface area contributed by atoms with Crippen LogP contribution in [0.5, 0.6) is 0 Å². The fourth-order valence-corrected chi connectivity index (χ4v) is 5.28. The molecule has 0 saturated carbocycles. The van der Waals surface area contributed by atoms with Crippen molar-refractivity contribution in [1.29, 1.82) is 0 Å². The lowest BCUT2D eigenvalue weighted by molar-refractivity contribution is -0.117. The van der Waals surface area contributed by atoms with Gasteiger partial charge in [-0.1, -0.05) is 48.7 Å². The molecule has 0 aliphatic carbocycles. The van der Waals surface area contributed by atoms with Crippen molar-refractivity contribution in [3.8, 4) is 0 Å². The Kier molecular flexibility index (Phi) is 4.95. The number of halogens is 2. The molecule has 25 heavy (non-hydrogen) atoms. The molecule has 1 N–H and O–H groups in total. The highest BCUT2D eigenvalue weighted by Gasteiger charge is 2.41. The van der Waals surface area contributed by atoms with Crippen molar-refractivity contribution >= 4 is 50.5 Å². The van der Waals surface area contributed by atoms with Crippen molar-refractivity contribution < 1.29 is 13.2 Å². The molecule has 0 bridgehead atoms. The van der Waals surface area contributed by atoms with Gasteiger partial charge in [-0.2, -0.15) is 0 Å². The van der Waals surface area contributed by atoms with E-state index in [1.54, 1.807) is 24.3 Å². The number of para-hydroxylation sites is 2. The molecule has 0 spiro atoms. The monoisotopic (exact) mass is 398 g/mol. The van der Waals surface area contributed by atoms with Gasteiger partial charge in [0.05, 0.1) is 16.4 Å². The summed E-state index contributed by atoms with van der Waals surface area (Å²) in [6, 6.07) is 10.2. The number of hydrogen-bond donors (Lipinski definition) is 1. The molecule has 0 radical (unpaired) electrons. The lowest BCUT2D eigenvalue weighted by Crippen LogP contribution is -2.50. The minimum Gasteiger partial charge on any atom is -0.322 e. The molecule has 0 saturated heterocycles. The highest BCUT2D eigenvalue weighted by atomic mass is 35.5. The summed E-state index contributed by atoms with van der Waals surface area (Å²) in [5.74, 6) is -0.353. The largest absolute Gasteiger partial charge is 0.322 e. The molecule has 0 fully saturated rings. The molecule has 2 aromatic rings. The topological polar surface area (TPSA) is 66.5 Å². The van der Waals surface area contributed by atoms with Crippen LogP contribution in [-0.4, -0.2) is 20.4 Å². The number of fused-ring (bicyclic) bond motifs is 1. The van der Waals surface area contributed by atoms with Gasteiger partial charge < -0.3 is 5.32 Å². The van der Waals surface area contributed by atoms with Gasteiger partial charge in [-0.15, -0.1) is 0 Å². The molecule has 8 heteroatoms. The smallest absolute Gasteiger partial charge is 0.266 e. The summed E-state index contributed by atoms with van der Waals surface area (Å²) in [6.07, 6.45) is 1.05. The van der Waals surface area contributed by atoms with Gasteiger partial charge in [0.2, 0.25) is 5.91 Å². The van der Waals surface area contributed by atoms with Crippen LogP contribution in [0.15, 0.2) is 47.4 Å². The van der Waals surface area contributed by atoms with Gasteiger partial charge in [-0.3, -0.25) is 9.10 Å². The van der Waals surface area contributed by atoms with E-state index >= 15 is 0 Å². The quantitative estimate of drug-likeness (QED) is 0.833. The maximum Gasteiger partial charge on any atom is 0.266 e. The second-order valence-electron chi connectivity index (χ2n) is 5.69. The lowest BCUT2D eigenvalue weighted by atomic mass is 10.1. The average molecular weight is 399 g/mol. The molecule has 0 unspecified atom stereocenters. The molecule has 5 nitrogen and oxygen atoms in total. The van der Waals surface area contributed by atoms with Crippen LogP contribution >= 0.6 is 23.2 Å². The minimum atomic E-state index is -4.05. The Morgan fingerprint density at radius 3 is 2.56 bits per heavy atom. The van der Waals surface area contributed by atoms with Crippen LogP contribution in [0.3, 0.4) is 0 Å². The molecular formula is C17H16Cl2N2O3S. The second-order valence-corrected chi connectivity index (χ2v) is 8.31. The Balaban J connectivity index is 2.21. The van der Waals surface area contributed by atoms with E-state index in [4.69, 9.17) is 23.2 Å². The van der Waals surface area contributed by atoms with E-state index in [0.29, 0.717) is 29.2 Å². The number of nitrogens with zero attached hydrogens (tertiary/aromatic N) is 1. The van der Waals surface area contributed by atoms with Crippen molar-refractivity contribution in [3.05, 3.63) is 52.5 Å². The zero-order chi connectivity index (χ0) is 18.2.